The van der Waals surface area contributed by atoms with E-state index < -0.39 is 10.0 Å². The number of anilines is 3. The molecule has 5 rings (SSSR count). The molecule has 41 heavy (non-hydrogen) atoms. The van der Waals surface area contributed by atoms with Gasteiger partial charge in [0.1, 0.15) is 0 Å². The second kappa shape index (κ2) is 16.4. The van der Waals surface area contributed by atoms with Crippen LogP contribution >= 0.6 is 23.5 Å². The summed E-state index contributed by atoms with van der Waals surface area (Å²) in [7, 11) is 0.650. The minimum Gasteiger partial charge on any atom is -0.387 e. The van der Waals surface area contributed by atoms with Crippen LogP contribution in [0.1, 0.15) is 46.4 Å². The fourth-order valence-electron chi connectivity index (χ4n) is 4.02. The third-order valence-corrected chi connectivity index (χ3v) is 9.55. The Hall–Kier alpha value is -3.12. The predicted molar refractivity (Wildman–Crippen MR) is 170 cm³/mol. The topological polar surface area (TPSA) is 112 Å². The largest absolute Gasteiger partial charge is 0.387 e. The van der Waals surface area contributed by atoms with Gasteiger partial charge in [-0.2, -0.15) is 0 Å². The fourth-order valence-corrected chi connectivity index (χ4v) is 6.78. The molecule has 0 atom stereocenters. The molecule has 2 aromatic carbocycles. The average Bonchev–Trinajstić information content (AvgIpc) is 2.99. The second-order valence-electron chi connectivity index (χ2n) is 9.34. The molecule has 0 radical (unpaired) electrons. The number of halogens is 1. The third kappa shape index (κ3) is 10.3. The van der Waals surface area contributed by atoms with Crippen LogP contribution in [0.5, 0.6) is 0 Å². The monoisotopic (exact) mass is 617 g/mol. The number of hydrogen-bond acceptors (Lipinski definition) is 8. The van der Waals surface area contributed by atoms with Gasteiger partial charge >= 0.3 is 0 Å². The number of pyridine rings is 1. The zero-order valence-electron chi connectivity index (χ0n) is 23.3. The molecule has 0 saturated carbocycles. The van der Waals surface area contributed by atoms with Gasteiger partial charge in [0, 0.05) is 55.1 Å². The number of aromatic nitrogens is 1. The summed E-state index contributed by atoms with van der Waals surface area (Å²) in [5.41, 5.74) is 2.99. The standard InChI is InChI=1S/C18H20ClN3O3S.C6H5NO.C5H11NS/c1-20-17-12-14(6-9-16(17)19)21-18(23)13-4-7-15(8-5-13)22-10-2-3-11-26(22,24)25;8-5-6-2-1-3-7-4-6;1-6-4-2-3-5-7-6/h4-9,12,20H,2-3,10-11H2,1H3,(H,21,23);1-5H;2-5H2,1H3. The summed E-state index contributed by atoms with van der Waals surface area (Å²) in [4.78, 5) is 26.1. The van der Waals surface area contributed by atoms with Crippen molar-refractivity contribution in [2.45, 2.75) is 25.7 Å². The van der Waals surface area contributed by atoms with Crippen LogP contribution in [0.3, 0.4) is 0 Å². The first-order valence-electron chi connectivity index (χ1n) is 13.3. The van der Waals surface area contributed by atoms with Gasteiger partial charge in [0.25, 0.3) is 5.91 Å². The number of nitrogens with one attached hydrogen (secondary N) is 2. The molecule has 0 aliphatic carbocycles. The smallest absolute Gasteiger partial charge is 0.255 e. The van der Waals surface area contributed by atoms with Gasteiger partial charge in [0.15, 0.2) is 6.29 Å². The minimum absolute atomic E-state index is 0.166. The van der Waals surface area contributed by atoms with Gasteiger partial charge in [-0.3, -0.25) is 23.2 Å². The number of rotatable bonds is 5. The van der Waals surface area contributed by atoms with Crippen molar-refractivity contribution in [1.82, 2.24) is 9.29 Å². The van der Waals surface area contributed by atoms with E-state index in [-0.39, 0.29) is 11.7 Å². The molecule has 0 bridgehead atoms. The van der Waals surface area contributed by atoms with Crippen LogP contribution in [0.15, 0.2) is 67.0 Å². The lowest BCUT2D eigenvalue weighted by Crippen LogP contribution is -2.37. The molecule has 220 valence electrons. The summed E-state index contributed by atoms with van der Waals surface area (Å²) in [5.74, 6) is 1.22. The molecule has 2 aliphatic heterocycles. The van der Waals surface area contributed by atoms with Crippen molar-refractivity contribution in [3.05, 3.63) is 83.1 Å². The van der Waals surface area contributed by atoms with Gasteiger partial charge in [-0.25, -0.2) is 8.42 Å². The minimum atomic E-state index is -3.26. The highest BCUT2D eigenvalue weighted by molar-refractivity contribution is 7.97. The third-order valence-electron chi connectivity index (χ3n) is 6.26. The van der Waals surface area contributed by atoms with Crippen LogP contribution in [0.4, 0.5) is 17.1 Å². The van der Waals surface area contributed by atoms with Crippen LogP contribution in [-0.4, -0.2) is 68.6 Å². The summed E-state index contributed by atoms with van der Waals surface area (Å²) in [5, 5.41) is 6.33. The molecule has 2 saturated heterocycles. The Balaban J connectivity index is 0.000000249. The van der Waals surface area contributed by atoms with E-state index >= 15 is 0 Å². The zero-order valence-corrected chi connectivity index (χ0v) is 25.6. The number of benzene rings is 2. The highest BCUT2D eigenvalue weighted by Crippen LogP contribution is 2.26. The van der Waals surface area contributed by atoms with Gasteiger partial charge in [-0.05, 0) is 87.3 Å². The maximum atomic E-state index is 12.4. The van der Waals surface area contributed by atoms with Crippen molar-refractivity contribution in [1.29, 1.82) is 0 Å². The molecule has 1 amide bonds. The van der Waals surface area contributed by atoms with Crippen LogP contribution in [-0.2, 0) is 10.0 Å². The number of nitrogens with zero attached hydrogens (tertiary/aromatic N) is 3. The Morgan fingerprint density at radius 3 is 2.34 bits per heavy atom. The summed E-state index contributed by atoms with van der Waals surface area (Å²) >= 11 is 7.99. The lowest BCUT2D eigenvalue weighted by atomic mass is 10.1. The summed E-state index contributed by atoms with van der Waals surface area (Å²) in [6.45, 7) is 1.76. The SMILES string of the molecule is CN1CCCCS1.CNc1cc(NC(=O)c2ccc(N3CCCCS3(=O)=O)cc2)ccc1Cl.O=Cc1cccnc1. The molecule has 2 fully saturated rings. The predicted octanol–water partition coefficient (Wildman–Crippen LogP) is 5.82. The molecule has 0 unspecified atom stereocenters. The number of amides is 1. The molecule has 12 heteroatoms. The Morgan fingerprint density at radius 2 is 1.80 bits per heavy atom. The molecule has 2 N–H and O–H groups in total. The fraction of sp³-hybridized carbons (Fsp3) is 0.345. The van der Waals surface area contributed by atoms with E-state index in [1.54, 1.807) is 67.8 Å². The molecular weight excluding hydrogens is 582 g/mol. The summed E-state index contributed by atoms with van der Waals surface area (Å²) < 4.78 is 28.0. The van der Waals surface area contributed by atoms with E-state index in [9.17, 15) is 18.0 Å². The number of sulfonamides is 1. The summed E-state index contributed by atoms with van der Waals surface area (Å²) in [6.07, 6.45) is 8.26. The van der Waals surface area contributed by atoms with Gasteiger partial charge < -0.3 is 10.6 Å². The van der Waals surface area contributed by atoms with Crippen LogP contribution in [0, 0.1) is 0 Å². The highest BCUT2D eigenvalue weighted by atomic mass is 35.5. The van der Waals surface area contributed by atoms with Crippen molar-refractivity contribution >= 4 is 62.8 Å². The van der Waals surface area contributed by atoms with Gasteiger partial charge in [0.05, 0.1) is 22.2 Å². The first-order valence-corrected chi connectivity index (χ1v) is 16.2. The quantitative estimate of drug-likeness (QED) is 0.272. The van der Waals surface area contributed by atoms with Crippen LogP contribution in [0.2, 0.25) is 5.02 Å². The Kier molecular flexibility index (Phi) is 12.9. The molecule has 9 nitrogen and oxygen atoms in total. The van der Waals surface area contributed by atoms with Crippen molar-refractivity contribution in [2.24, 2.45) is 0 Å². The van der Waals surface area contributed by atoms with E-state index in [4.69, 9.17) is 11.6 Å². The molecule has 3 heterocycles. The number of carbonyl (C=O) groups excluding carboxylic acids is 2. The van der Waals surface area contributed by atoms with Crippen molar-refractivity contribution in [2.75, 3.05) is 53.6 Å². The van der Waals surface area contributed by atoms with Gasteiger partial charge in [0.2, 0.25) is 10.0 Å². The second-order valence-corrected chi connectivity index (χ2v) is 13.0. The maximum absolute atomic E-state index is 12.4. The van der Waals surface area contributed by atoms with Crippen LogP contribution < -0.4 is 14.9 Å². The van der Waals surface area contributed by atoms with Crippen molar-refractivity contribution in [3.63, 3.8) is 0 Å². The zero-order chi connectivity index (χ0) is 29.7. The maximum Gasteiger partial charge on any atom is 0.255 e. The van der Waals surface area contributed by atoms with Crippen molar-refractivity contribution < 1.29 is 18.0 Å². The van der Waals surface area contributed by atoms with E-state index in [0.717, 1.165) is 18.4 Å². The normalized spacial score (nSPS) is 16.2. The van der Waals surface area contributed by atoms with Gasteiger partial charge in [-0.1, -0.05) is 23.5 Å². The first-order chi connectivity index (χ1) is 19.7. The van der Waals surface area contributed by atoms with E-state index in [2.05, 4.69) is 27.0 Å². The highest BCUT2D eigenvalue weighted by Gasteiger charge is 2.26. The van der Waals surface area contributed by atoms with Gasteiger partial charge in [-0.15, -0.1) is 0 Å². The lowest BCUT2D eigenvalue weighted by Gasteiger charge is -2.28. The van der Waals surface area contributed by atoms with E-state index in [1.165, 1.54) is 35.6 Å². The first kappa shape index (κ1) is 32.4. The Morgan fingerprint density at radius 1 is 1.05 bits per heavy atom. The molecular formula is C29H36ClN5O4S2. The summed E-state index contributed by atoms with van der Waals surface area (Å²) in [6, 6.07) is 15.2. The van der Waals surface area contributed by atoms with E-state index in [1.807, 2.05) is 11.9 Å². The molecule has 2 aliphatic rings. The number of carbonyl (C=O) groups is 2. The van der Waals surface area contributed by atoms with E-state index in [0.29, 0.717) is 40.5 Å². The van der Waals surface area contributed by atoms with Crippen LogP contribution in [0.25, 0.3) is 0 Å². The molecule has 0 spiro atoms. The number of hydrogen-bond donors (Lipinski definition) is 2. The Bertz CT molecular complexity index is 1370. The lowest BCUT2D eigenvalue weighted by molar-refractivity contribution is 0.102. The molecule has 3 aromatic rings. The van der Waals surface area contributed by atoms with Crippen molar-refractivity contribution in [3.8, 4) is 0 Å². The number of aldehydes is 1. The Labute approximate surface area is 251 Å². The average molecular weight is 618 g/mol. The molecule has 1 aromatic heterocycles.